The molecule has 4 heteroatoms. The lowest BCUT2D eigenvalue weighted by Gasteiger charge is -2.29. The van der Waals surface area contributed by atoms with Crippen molar-refractivity contribution in [3.63, 3.8) is 0 Å². The smallest absolute Gasteiger partial charge is 0.216 e. The zero-order valence-corrected chi connectivity index (χ0v) is 10.6. The fourth-order valence-electron chi connectivity index (χ4n) is 2.27. The van der Waals surface area contributed by atoms with Crippen LogP contribution in [0.5, 0.6) is 5.88 Å². The number of nitrogens with one attached hydrogen (secondary N) is 1. The Labute approximate surface area is 103 Å². The van der Waals surface area contributed by atoms with Crippen molar-refractivity contribution < 1.29 is 4.74 Å². The van der Waals surface area contributed by atoms with Crippen LogP contribution in [0.25, 0.3) is 0 Å². The van der Waals surface area contributed by atoms with Gasteiger partial charge in [-0.3, -0.25) is 0 Å². The van der Waals surface area contributed by atoms with Crippen LogP contribution >= 0.6 is 0 Å². The highest BCUT2D eigenvalue weighted by Crippen LogP contribution is 2.34. The van der Waals surface area contributed by atoms with Crippen molar-refractivity contribution in [1.29, 1.82) is 0 Å². The summed E-state index contributed by atoms with van der Waals surface area (Å²) in [6, 6.07) is 2.27. The maximum atomic E-state index is 5.15. The Morgan fingerprint density at radius 2 is 2.29 bits per heavy atom. The van der Waals surface area contributed by atoms with E-state index in [4.69, 9.17) is 4.74 Å². The molecule has 2 rings (SSSR count). The molecule has 0 amide bonds. The number of aromatic nitrogens is 2. The normalized spacial score (nSPS) is 17.5. The molecule has 1 aliphatic rings. The third-order valence-corrected chi connectivity index (χ3v) is 3.47. The molecule has 0 radical (unpaired) electrons. The van der Waals surface area contributed by atoms with Crippen LogP contribution in [-0.4, -0.2) is 23.6 Å². The summed E-state index contributed by atoms with van der Waals surface area (Å²) in [6.07, 6.45) is 6.87. The SMILES string of the molecule is CCNC(CC1CCC1)c1cc(OC)ncn1. The Bertz CT molecular complexity index is 352. The van der Waals surface area contributed by atoms with E-state index in [0.717, 1.165) is 18.2 Å². The third kappa shape index (κ3) is 3.16. The largest absolute Gasteiger partial charge is 0.481 e. The van der Waals surface area contributed by atoms with E-state index < -0.39 is 0 Å². The molecule has 1 aromatic rings. The molecule has 1 atom stereocenters. The van der Waals surface area contributed by atoms with Crippen LogP contribution in [0.1, 0.15) is 44.3 Å². The lowest BCUT2D eigenvalue weighted by Crippen LogP contribution is -2.26. The van der Waals surface area contributed by atoms with Crippen molar-refractivity contribution in [3.8, 4) is 5.88 Å². The van der Waals surface area contributed by atoms with E-state index in [1.165, 1.54) is 25.7 Å². The highest BCUT2D eigenvalue weighted by atomic mass is 16.5. The molecule has 1 unspecified atom stereocenters. The van der Waals surface area contributed by atoms with Crippen molar-refractivity contribution in [1.82, 2.24) is 15.3 Å². The summed E-state index contributed by atoms with van der Waals surface area (Å²) in [6.45, 7) is 3.09. The predicted molar refractivity (Wildman–Crippen MR) is 67.0 cm³/mol. The predicted octanol–water partition coefficient (Wildman–Crippen LogP) is 2.33. The summed E-state index contributed by atoms with van der Waals surface area (Å²) >= 11 is 0. The van der Waals surface area contributed by atoms with Crippen LogP contribution in [0.15, 0.2) is 12.4 Å². The van der Waals surface area contributed by atoms with Crippen molar-refractivity contribution in [2.75, 3.05) is 13.7 Å². The van der Waals surface area contributed by atoms with E-state index in [-0.39, 0.29) is 0 Å². The van der Waals surface area contributed by atoms with Gasteiger partial charge in [0.2, 0.25) is 5.88 Å². The molecular formula is C13H21N3O. The van der Waals surface area contributed by atoms with Crippen LogP contribution in [0.4, 0.5) is 0 Å². The molecule has 0 bridgehead atoms. The lowest BCUT2D eigenvalue weighted by atomic mass is 9.80. The number of methoxy groups -OCH3 is 1. The van der Waals surface area contributed by atoms with Crippen molar-refractivity contribution in [2.45, 2.75) is 38.6 Å². The van der Waals surface area contributed by atoms with Crippen LogP contribution in [-0.2, 0) is 0 Å². The van der Waals surface area contributed by atoms with Gasteiger partial charge in [0.05, 0.1) is 12.8 Å². The third-order valence-electron chi connectivity index (χ3n) is 3.47. The fraction of sp³-hybridized carbons (Fsp3) is 0.692. The average molecular weight is 235 g/mol. The number of hydrogen-bond acceptors (Lipinski definition) is 4. The molecule has 0 spiro atoms. The van der Waals surface area contributed by atoms with Crippen molar-refractivity contribution in [3.05, 3.63) is 18.1 Å². The minimum Gasteiger partial charge on any atom is -0.481 e. The minimum atomic E-state index is 0.335. The van der Waals surface area contributed by atoms with E-state index in [1.54, 1.807) is 13.4 Å². The summed E-state index contributed by atoms with van der Waals surface area (Å²) in [7, 11) is 1.64. The number of hydrogen-bond donors (Lipinski definition) is 1. The van der Waals surface area contributed by atoms with Gasteiger partial charge in [0.15, 0.2) is 0 Å². The van der Waals surface area contributed by atoms with E-state index in [2.05, 4.69) is 22.2 Å². The maximum absolute atomic E-state index is 5.15. The molecule has 4 nitrogen and oxygen atoms in total. The molecule has 1 heterocycles. The number of ether oxygens (including phenoxy) is 1. The first kappa shape index (κ1) is 12.3. The zero-order chi connectivity index (χ0) is 12.1. The highest BCUT2D eigenvalue weighted by Gasteiger charge is 2.23. The molecule has 0 aliphatic heterocycles. The molecule has 1 fully saturated rings. The fourth-order valence-corrected chi connectivity index (χ4v) is 2.27. The van der Waals surface area contributed by atoms with Gasteiger partial charge in [-0.15, -0.1) is 0 Å². The molecule has 0 aromatic carbocycles. The van der Waals surface area contributed by atoms with Crippen LogP contribution in [0, 0.1) is 5.92 Å². The van der Waals surface area contributed by atoms with E-state index in [9.17, 15) is 0 Å². The Hall–Kier alpha value is -1.16. The molecule has 1 N–H and O–H groups in total. The first-order chi connectivity index (χ1) is 8.33. The van der Waals surface area contributed by atoms with Gasteiger partial charge in [-0.05, 0) is 18.9 Å². The van der Waals surface area contributed by atoms with Crippen LogP contribution in [0.2, 0.25) is 0 Å². The van der Waals surface area contributed by atoms with Gasteiger partial charge in [-0.1, -0.05) is 26.2 Å². The van der Waals surface area contributed by atoms with Crippen molar-refractivity contribution >= 4 is 0 Å². The summed E-state index contributed by atoms with van der Waals surface area (Å²) in [5, 5.41) is 3.50. The lowest BCUT2D eigenvalue weighted by molar-refractivity contribution is 0.260. The molecular weight excluding hydrogens is 214 g/mol. The van der Waals surface area contributed by atoms with E-state index in [1.807, 2.05) is 6.07 Å². The van der Waals surface area contributed by atoms with Gasteiger partial charge >= 0.3 is 0 Å². The molecule has 1 saturated carbocycles. The Morgan fingerprint density at radius 3 is 2.88 bits per heavy atom. The summed E-state index contributed by atoms with van der Waals surface area (Å²) in [4.78, 5) is 8.42. The molecule has 1 aromatic heterocycles. The Morgan fingerprint density at radius 1 is 1.47 bits per heavy atom. The second kappa shape index (κ2) is 5.96. The Balaban J connectivity index is 2.06. The monoisotopic (exact) mass is 235 g/mol. The molecule has 94 valence electrons. The first-order valence-electron chi connectivity index (χ1n) is 6.42. The summed E-state index contributed by atoms with van der Waals surface area (Å²) < 4.78 is 5.15. The van der Waals surface area contributed by atoms with E-state index >= 15 is 0 Å². The second-order valence-electron chi connectivity index (χ2n) is 4.63. The Kier molecular flexibility index (Phi) is 4.31. The summed E-state index contributed by atoms with van der Waals surface area (Å²) in [5.74, 6) is 1.51. The molecule has 17 heavy (non-hydrogen) atoms. The van der Waals surface area contributed by atoms with E-state index in [0.29, 0.717) is 11.9 Å². The van der Waals surface area contributed by atoms with Crippen LogP contribution in [0.3, 0.4) is 0 Å². The van der Waals surface area contributed by atoms with Gasteiger partial charge < -0.3 is 10.1 Å². The maximum Gasteiger partial charge on any atom is 0.216 e. The minimum absolute atomic E-state index is 0.335. The van der Waals surface area contributed by atoms with Gasteiger partial charge in [0, 0.05) is 12.1 Å². The quantitative estimate of drug-likeness (QED) is 0.822. The first-order valence-corrected chi connectivity index (χ1v) is 6.42. The molecule has 1 aliphatic carbocycles. The number of rotatable bonds is 6. The standard InChI is InChI=1S/C13H21N3O/c1-3-14-11(7-10-5-4-6-10)12-8-13(17-2)16-9-15-12/h8-11,14H,3-7H2,1-2H3. The van der Waals surface area contributed by atoms with Gasteiger partial charge in [0.1, 0.15) is 6.33 Å². The van der Waals surface area contributed by atoms with Crippen LogP contribution < -0.4 is 10.1 Å². The topological polar surface area (TPSA) is 47.0 Å². The summed E-state index contributed by atoms with van der Waals surface area (Å²) in [5.41, 5.74) is 1.05. The second-order valence-corrected chi connectivity index (χ2v) is 4.63. The van der Waals surface area contributed by atoms with Crippen molar-refractivity contribution in [2.24, 2.45) is 5.92 Å². The average Bonchev–Trinajstić information content (AvgIpc) is 2.32. The number of nitrogens with zero attached hydrogens (tertiary/aromatic N) is 2. The highest BCUT2D eigenvalue weighted by molar-refractivity contribution is 5.16. The zero-order valence-electron chi connectivity index (χ0n) is 10.6. The molecule has 0 saturated heterocycles. The van der Waals surface area contributed by atoms with Gasteiger partial charge in [-0.2, -0.15) is 0 Å². The van der Waals surface area contributed by atoms with Gasteiger partial charge in [0.25, 0.3) is 0 Å². The van der Waals surface area contributed by atoms with Gasteiger partial charge in [-0.25, -0.2) is 9.97 Å².